The zero-order valence-electron chi connectivity index (χ0n) is 29.5. The smallest absolute Gasteiger partial charge is 0.101 e. The van der Waals surface area contributed by atoms with E-state index in [9.17, 15) is 10.5 Å². The third-order valence-corrected chi connectivity index (χ3v) is 11.1. The summed E-state index contributed by atoms with van der Waals surface area (Å²) in [5.41, 5.74) is 12.5. The number of hydrogen-bond donors (Lipinski definition) is 0. The fourth-order valence-corrected chi connectivity index (χ4v) is 8.83. The molecule has 0 aliphatic carbocycles. The van der Waals surface area contributed by atoms with Crippen LogP contribution >= 0.6 is 0 Å². The van der Waals surface area contributed by atoms with Crippen LogP contribution < -0.4 is 0 Å². The van der Waals surface area contributed by atoms with Gasteiger partial charge >= 0.3 is 0 Å². The maximum Gasteiger partial charge on any atom is 0.101 e. The fraction of sp³-hybridized carbons (Fsp3) is 0. The summed E-state index contributed by atoms with van der Waals surface area (Å²) >= 11 is 0. The third kappa shape index (κ3) is 4.39. The molecule has 5 heteroatoms. The van der Waals surface area contributed by atoms with Gasteiger partial charge < -0.3 is 13.7 Å². The molecule has 11 aromatic rings. The van der Waals surface area contributed by atoms with Crippen molar-refractivity contribution in [3.8, 4) is 40.3 Å². The zero-order valence-corrected chi connectivity index (χ0v) is 29.5. The van der Waals surface area contributed by atoms with Gasteiger partial charge in [-0.1, -0.05) is 109 Å². The Bertz CT molecular complexity index is 3400. The van der Waals surface area contributed by atoms with E-state index in [1.165, 1.54) is 32.6 Å². The van der Waals surface area contributed by atoms with Crippen LogP contribution in [0, 0.1) is 22.7 Å². The molecule has 0 saturated heterocycles. The molecule has 0 aliphatic rings. The molecule has 5 nitrogen and oxygen atoms in total. The highest BCUT2D eigenvalue weighted by Crippen LogP contribution is 2.41. The van der Waals surface area contributed by atoms with Crippen molar-refractivity contribution < 1.29 is 0 Å². The van der Waals surface area contributed by atoms with Gasteiger partial charge in [0, 0.05) is 43.7 Å². The zero-order chi connectivity index (χ0) is 36.6. The first-order chi connectivity index (χ1) is 27.2. The molecule has 0 spiro atoms. The minimum Gasteiger partial charge on any atom is -0.309 e. The second kappa shape index (κ2) is 11.8. The predicted octanol–water partition coefficient (Wildman–Crippen LogP) is 12.4. The molecule has 0 unspecified atom stereocenters. The average molecular weight is 700 g/mol. The lowest BCUT2D eigenvalue weighted by Gasteiger charge is -2.13. The molecule has 0 saturated carbocycles. The van der Waals surface area contributed by atoms with Crippen molar-refractivity contribution in [1.29, 1.82) is 10.5 Å². The second-order valence-corrected chi connectivity index (χ2v) is 13.9. The lowest BCUT2D eigenvalue weighted by molar-refractivity contribution is 1.17. The summed E-state index contributed by atoms with van der Waals surface area (Å²) in [6.07, 6.45) is 0. The van der Waals surface area contributed by atoms with Crippen molar-refractivity contribution in [2.45, 2.75) is 0 Å². The quantitative estimate of drug-likeness (QED) is 0.184. The third-order valence-electron chi connectivity index (χ3n) is 11.1. The number of hydrogen-bond acceptors (Lipinski definition) is 2. The second-order valence-electron chi connectivity index (χ2n) is 13.9. The van der Waals surface area contributed by atoms with Gasteiger partial charge in [0.1, 0.15) is 6.07 Å². The largest absolute Gasteiger partial charge is 0.309 e. The molecule has 0 N–H and O–H groups in total. The summed E-state index contributed by atoms with van der Waals surface area (Å²) in [5.74, 6) is 0. The molecule has 8 aromatic carbocycles. The van der Waals surface area contributed by atoms with Crippen LogP contribution in [0.15, 0.2) is 176 Å². The maximum absolute atomic E-state index is 10.5. The molecule has 3 heterocycles. The molecule has 0 aliphatic heterocycles. The van der Waals surface area contributed by atoms with E-state index in [0.29, 0.717) is 11.1 Å². The van der Waals surface area contributed by atoms with E-state index in [1.807, 2.05) is 42.5 Å². The number of para-hydroxylation sites is 5. The number of benzene rings is 8. The van der Waals surface area contributed by atoms with Crippen molar-refractivity contribution in [2.24, 2.45) is 0 Å². The Morgan fingerprint density at radius 2 is 0.873 bits per heavy atom. The van der Waals surface area contributed by atoms with Gasteiger partial charge in [-0.2, -0.15) is 10.5 Å². The van der Waals surface area contributed by atoms with Crippen LogP contribution in [0.1, 0.15) is 11.1 Å². The monoisotopic (exact) mass is 699 g/mol. The van der Waals surface area contributed by atoms with Gasteiger partial charge in [0.15, 0.2) is 0 Å². The van der Waals surface area contributed by atoms with Gasteiger partial charge in [-0.05, 0) is 77.9 Å². The average Bonchev–Trinajstić information content (AvgIpc) is 3.90. The van der Waals surface area contributed by atoms with Crippen LogP contribution in [0.4, 0.5) is 0 Å². The minimum atomic E-state index is 0.568. The summed E-state index contributed by atoms with van der Waals surface area (Å²) in [7, 11) is 0. The molecule has 0 fully saturated rings. The van der Waals surface area contributed by atoms with Crippen molar-refractivity contribution in [1.82, 2.24) is 13.7 Å². The van der Waals surface area contributed by atoms with E-state index in [2.05, 4.69) is 159 Å². The number of rotatable bonds is 4. The molecular weight excluding hydrogens is 671 g/mol. The lowest BCUT2D eigenvalue weighted by Crippen LogP contribution is -1.98. The van der Waals surface area contributed by atoms with Gasteiger partial charge in [0.05, 0.1) is 56.0 Å². The Balaban J connectivity index is 1.06. The number of nitrogens with zero attached hydrogens (tertiary/aromatic N) is 5. The molecule has 0 bridgehead atoms. The topological polar surface area (TPSA) is 62.4 Å². The highest BCUT2D eigenvalue weighted by Gasteiger charge is 2.20. The molecule has 0 radical (unpaired) electrons. The van der Waals surface area contributed by atoms with Crippen LogP contribution in [-0.2, 0) is 0 Å². The van der Waals surface area contributed by atoms with Crippen LogP contribution in [0.5, 0.6) is 0 Å². The van der Waals surface area contributed by atoms with E-state index in [0.717, 1.165) is 61.0 Å². The molecule has 3 aromatic heterocycles. The minimum absolute atomic E-state index is 0.568. The lowest BCUT2D eigenvalue weighted by atomic mass is 9.99. The van der Waals surface area contributed by atoms with Gasteiger partial charge in [-0.3, -0.25) is 0 Å². The van der Waals surface area contributed by atoms with Crippen LogP contribution in [0.25, 0.3) is 93.6 Å². The van der Waals surface area contributed by atoms with E-state index in [4.69, 9.17) is 0 Å². The number of fused-ring (bicyclic) bond motifs is 9. The molecule has 0 amide bonds. The summed E-state index contributed by atoms with van der Waals surface area (Å²) < 4.78 is 6.85. The first kappa shape index (κ1) is 30.7. The Labute approximate surface area is 316 Å². The predicted molar refractivity (Wildman–Crippen MR) is 224 cm³/mol. The van der Waals surface area contributed by atoms with Gasteiger partial charge in [-0.25, -0.2) is 0 Å². The number of aromatic nitrogens is 3. The van der Waals surface area contributed by atoms with Crippen LogP contribution in [0.2, 0.25) is 0 Å². The van der Waals surface area contributed by atoms with E-state index in [-0.39, 0.29) is 0 Å². The van der Waals surface area contributed by atoms with E-state index in [1.54, 1.807) is 0 Å². The van der Waals surface area contributed by atoms with Gasteiger partial charge in [-0.15, -0.1) is 0 Å². The Morgan fingerprint density at radius 3 is 1.53 bits per heavy atom. The normalized spacial score (nSPS) is 11.6. The number of nitriles is 2. The van der Waals surface area contributed by atoms with Crippen molar-refractivity contribution >= 4 is 65.4 Å². The highest BCUT2D eigenvalue weighted by molar-refractivity contribution is 6.16. The van der Waals surface area contributed by atoms with Gasteiger partial charge in [0.25, 0.3) is 0 Å². The van der Waals surface area contributed by atoms with Crippen LogP contribution in [-0.4, -0.2) is 13.7 Å². The summed E-state index contributed by atoms with van der Waals surface area (Å²) in [6.45, 7) is 0. The Kier molecular flexibility index (Phi) is 6.61. The molecular formula is C50H29N5. The van der Waals surface area contributed by atoms with Crippen LogP contribution in [0.3, 0.4) is 0 Å². The SMILES string of the molecule is N#Cc1cc(-n2c3ccccc3c3cccc(C#N)c32)ccc1-c1ccc(-n2c3ccccc3c3c(-n4c5ccccc5c5ccccc54)cccc32)cc1. The Morgan fingerprint density at radius 1 is 0.364 bits per heavy atom. The standard InChI is InChI=1S/C50H29N5/c51-30-33-11-9-16-41-40-14-3-5-17-43(40)54(50(33)41)36-27-28-37(34(29-36)31-52)32-23-25-35(26-24-32)53-46-20-8-4-15-42(46)49-47(53)21-10-22-48(49)55-44-18-6-1-12-38(44)39-13-2-7-19-45(39)55/h1-29H. The van der Waals surface area contributed by atoms with Crippen molar-refractivity contribution in [3.05, 3.63) is 187 Å². The maximum atomic E-state index is 10.5. The molecule has 254 valence electrons. The highest BCUT2D eigenvalue weighted by atomic mass is 15.0. The first-order valence-corrected chi connectivity index (χ1v) is 18.3. The van der Waals surface area contributed by atoms with Gasteiger partial charge in [0.2, 0.25) is 0 Å². The van der Waals surface area contributed by atoms with E-state index >= 15 is 0 Å². The molecule has 0 atom stereocenters. The summed E-state index contributed by atoms with van der Waals surface area (Å²) in [4.78, 5) is 0. The first-order valence-electron chi connectivity index (χ1n) is 18.3. The molecule has 55 heavy (non-hydrogen) atoms. The molecule has 11 rings (SSSR count). The summed E-state index contributed by atoms with van der Waals surface area (Å²) in [6, 6.07) is 65.9. The van der Waals surface area contributed by atoms with Crippen molar-refractivity contribution in [3.63, 3.8) is 0 Å². The fourth-order valence-electron chi connectivity index (χ4n) is 8.83. The Hall–Kier alpha value is -7.86. The van der Waals surface area contributed by atoms with Crippen molar-refractivity contribution in [2.75, 3.05) is 0 Å². The van der Waals surface area contributed by atoms with E-state index < -0.39 is 0 Å². The summed E-state index contributed by atoms with van der Waals surface area (Å²) in [5, 5.41) is 27.5.